The monoisotopic (exact) mass is 245 g/mol. The van der Waals surface area contributed by atoms with E-state index in [1.807, 2.05) is 0 Å². The van der Waals surface area contributed by atoms with Crippen molar-refractivity contribution >= 4 is 0 Å². The second-order valence-corrected chi connectivity index (χ2v) is 6.05. The van der Waals surface area contributed by atoms with E-state index in [9.17, 15) is 0 Å². The van der Waals surface area contributed by atoms with Crippen LogP contribution in [0, 0.1) is 5.92 Å². The van der Waals surface area contributed by atoms with E-state index in [4.69, 9.17) is 0 Å². The van der Waals surface area contributed by atoms with Crippen molar-refractivity contribution in [3.8, 4) is 0 Å². The Morgan fingerprint density at radius 2 is 2.06 bits per heavy atom. The van der Waals surface area contributed by atoms with Gasteiger partial charge in [0.05, 0.1) is 0 Å². The number of hydrogen-bond donors (Lipinski definition) is 1. The fourth-order valence-corrected chi connectivity index (χ4v) is 2.88. The molecular formula is C17H27N. The molecule has 100 valence electrons. The fraction of sp³-hybridized carbons (Fsp3) is 0.647. The Morgan fingerprint density at radius 3 is 2.61 bits per heavy atom. The molecule has 0 aromatic heterocycles. The first kappa shape index (κ1) is 13.6. The minimum atomic E-state index is 0.636. The SMILES string of the molecule is CNC(CCc1cccc(C2CCC2)c1)C(C)C. The van der Waals surface area contributed by atoms with Crippen LogP contribution in [0.15, 0.2) is 24.3 Å². The van der Waals surface area contributed by atoms with E-state index in [2.05, 4.69) is 50.5 Å². The van der Waals surface area contributed by atoms with Crippen molar-refractivity contribution < 1.29 is 0 Å². The molecule has 2 rings (SSSR count). The molecule has 0 radical (unpaired) electrons. The van der Waals surface area contributed by atoms with Gasteiger partial charge in [0.1, 0.15) is 0 Å². The van der Waals surface area contributed by atoms with Gasteiger partial charge in [-0.2, -0.15) is 0 Å². The maximum Gasteiger partial charge on any atom is 0.00902 e. The lowest BCUT2D eigenvalue weighted by Gasteiger charge is -2.26. The Balaban J connectivity index is 1.92. The van der Waals surface area contributed by atoms with Gasteiger partial charge in [-0.25, -0.2) is 0 Å². The minimum Gasteiger partial charge on any atom is -0.317 e. The number of hydrogen-bond acceptors (Lipinski definition) is 1. The Bertz CT molecular complexity index is 366. The molecule has 0 heterocycles. The van der Waals surface area contributed by atoms with Gasteiger partial charge in [0.15, 0.2) is 0 Å². The molecule has 1 atom stereocenters. The molecule has 1 fully saturated rings. The summed E-state index contributed by atoms with van der Waals surface area (Å²) >= 11 is 0. The Hall–Kier alpha value is -0.820. The second kappa shape index (κ2) is 6.38. The molecule has 18 heavy (non-hydrogen) atoms. The minimum absolute atomic E-state index is 0.636. The first-order valence-corrected chi connectivity index (χ1v) is 7.47. The van der Waals surface area contributed by atoms with Crippen LogP contribution in [0.25, 0.3) is 0 Å². The smallest absolute Gasteiger partial charge is 0.00902 e. The number of rotatable bonds is 6. The van der Waals surface area contributed by atoms with Gasteiger partial charge in [-0.3, -0.25) is 0 Å². The van der Waals surface area contributed by atoms with Crippen LogP contribution in [-0.4, -0.2) is 13.1 Å². The summed E-state index contributed by atoms with van der Waals surface area (Å²) < 4.78 is 0. The second-order valence-electron chi connectivity index (χ2n) is 6.05. The van der Waals surface area contributed by atoms with Crippen LogP contribution >= 0.6 is 0 Å². The Labute approximate surface area is 112 Å². The molecule has 1 saturated carbocycles. The predicted molar refractivity (Wildman–Crippen MR) is 79.0 cm³/mol. The average molecular weight is 245 g/mol. The summed E-state index contributed by atoms with van der Waals surface area (Å²) in [6.07, 6.45) is 6.65. The molecule has 1 unspecified atom stereocenters. The molecule has 1 N–H and O–H groups in total. The van der Waals surface area contributed by atoms with Crippen molar-refractivity contribution in [3.63, 3.8) is 0 Å². The average Bonchev–Trinajstić information content (AvgIpc) is 2.27. The van der Waals surface area contributed by atoms with Gasteiger partial charge in [-0.05, 0) is 55.7 Å². The Kier molecular flexibility index (Phi) is 4.82. The van der Waals surface area contributed by atoms with Crippen LogP contribution < -0.4 is 5.32 Å². The number of nitrogens with one attached hydrogen (secondary N) is 1. The molecule has 1 aromatic rings. The number of aryl methyl sites for hydroxylation is 1. The lowest BCUT2D eigenvalue weighted by atomic mass is 9.79. The van der Waals surface area contributed by atoms with Crippen molar-refractivity contribution in [3.05, 3.63) is 35.4 Å². The summed E-state index contributed by atoms with van der Waals surface area (Å²) in [6, 6.07) is 9.92. The topological polar surface area (TPSA) is 12.0 Å². The zero-order valence-corrected chi connectivity index (χ0v) is 12.1. The van der Waals surface area contributed by atoms with E-state index >= 15 is 0 Å². The molecule has 1 aromatic carbocycles. The fourth-order valence-electron chi connectivity index (χ4n) is 2.88. The largest absolute Gasteiger partial charge is 0.317 e. The van der Waals surface area contributed by atoms with Crippen LogP contribution in [0.3, 0.4) is 0 Å². The van der Waals surface area contributed by atoms with Crippen LogP contribution in [-0.2, 0) is 6.42 Å². The first-order chi connectivity index (χ1) is 8.70. The third-order valence-corrected chi connectivity index (χ3v) is 4.45. The summed E-state index contributed by atoms with van der Waals surface area (Å²) in [5.74, 6) is 1.57. The quantitative estimate of drug-likeness (QED) is 0.794. The summed E-state index contributed by atoms with van der Waals surface area (Å²) in [5.41, 5.74) is 3.09. The lowest BCUT2D eigenvalue weighted by Crippen LogP contribution is -2.31. The van der Waals surface area contributed by atoms with Crippen LogP contribution in [0.4, 0.5) is 0 Å². The van der Waals surface area contributed by atoms with Gasteiger partial charge < -0.3 is 5.32 Å². The maximum atomic E-state index is 3.43. The van der Waals surface area contributed by atoms with Crippen molar-refractivity contribution in [2.45, 2.75) is 57.9 Å². The molecule has 0 spiro atoms. The van der Waals surface area contributed by atoms with Crippen molar-refractivity contribution in [2.24, 2.45) is 5.92 Å². The molecule has 1 aliphatic rings. The molecule has 1 aliphatic carbocycles. The molecule has 0 amide bonds. The van der Waals surface area contributed by atoms with Crippen molar-refractivity contribution in [1.29, 1.82) is 0 Å². The molecule has 0 saturated heterocycles. The summed E-state index contributed by atoms with van der Waals surface area (Å²) in [4.78, 5) is 0. The van der Waals surface area contributed by atoms with Gasteiger partial charge in [-0.1, -0.05) is 44.5 Å². The third kappa shape index (κ3) is 3.35. The first-order valence-electron chi connectivity index (χ1n) is 7.47. The van der Waals surface area contributed by atoms with E-state index in [1.165, 1.54) is 37.7 Å². The summed E-state index contributed by atoms with van der Waals surface area (Å²) in [5, 5.41) is 3.43. The van der Waals surface area contributed by atoms with E-state index in [-0.39, 0.29) is 0 Å². The van der Waals surface area contributed by atoms with E-state index in [0.29, 0.717) is 12.0 Å². The predicted octanol–water partition coefficient (Wildman–Crippen LogP) is 4.13. The zero-order chi connectivity index (χ0) is 13.0. The molecular weight excluding hydrogens is 218 g/mol. The highest BCUT2D eigenvalue weighted by atomic mass is 14.9. The zero-order valence-electron chi connectivity index (χ0n) is 12.1. The highest BCUT2D eigenvalue weighted by Gasteiger charge is 2.19. The van der Waals surface area contributed by atoms with E-state index < -0.39 is 0 Å². The van der Waals surface area contributed by atoms with E-state index in [1.54, 1.807) is 5.56 Å². The maximum absolute atomic E-state index is 3.43. The van der Waals surface area contributed by atoms with E-state index in [0.717, 1.165) is 5.92 Å². The lowest BCUT2D eigenvalue weighted by molar-refractivity contribution is 0.402. The van der Waals surface area contributed by atoms with Gasteiger partial charge >= 0.3 is 0 Å². The molecule has 0 bridgehead atoms. The molecule has 1 heteroatoms. The summed E-state index contributed by atoms with van der Waals surface area (Å²) in [6.45, 7) is 4.60. The van der Waals surface area contributed by atoms with Gasteiger partial charge in [-0.15, -0.1) is 0 Å². The molecule has 0 aliphatic heterocycles. The van der Waals surface area contributed by atoms with Gasteiger partial charge in [0, 0.05) is 6.04 Å². The van der Waals surface area contributed by atoms with Crippen LogP contribution in [0.2, 0.25) is 0 Å². The van der Waals surface area contributed by atoms with Gasteiger partial charge in [0.2, 0.25) is 0 Å². The van der Waals surface area contributed by atoms with Crippen molar-refractivity contribution in [2.75, 3.05) is 7.05 Å². The summed E-state index contributed by atoms with van der Waals surface area (Å²) in [7, 11) is 2.08. The highest BCUT2D eigenvalue weighted by Crippen LogP contribution is 2.36. The number of benzene rings is 1. The molecule has 1 nitrogen and oxygen atoms in total. The van der Waals surface area contributed by atoms with Gasteiger partial charge in [0.25, 0.3) is 0 Å². The standard InChI is InChI=1S/C17H27N/c1-13(2)17(18-3)11-10-14-6-4-9-16(12-14)15-7-5-8-15/h4,6,9,12-13,15,17-18H,5,7-8,10-11H2,1-3H3. The Morgan fingerprint density at radius 1 is 1.28 bits per heavy atom. The normalized spacial score (nSPS) is 17.8. The highest BCUT2D eigenvalue weighted by molar-refractivity contribution is 5.27. The van der Waals surface area contributed by atoms with Crippen LogP contribution in [0.5, 0.6) is 0 Å². The van der Waals surface area contributed by atoms with Crippen molar-refractivity contribution in [1.82, 2.24) is 5.32 Å². The van der Waals surface area contributed by atoms with Crippen LogP contribution in [0.1, 0.15) is 56.6 Å². The third-order valence-electron chi connectivity index (χ3n) is 4.45.